The SMILES string of the molecule is Cc1ccc(-n2nc(C)c(/C=C3\N=C(c4ccccc4)OC3=O)c2C)c(C)c1. The highest BCUT2D eigenvalue weighted by Crippen LogP contribution is 2.25. The van der Waals surface area contributed by atoms with Crippen LogP contribution in [0.2, 0.25) is 0 Å². The standard InChI is InChI=1S/C23H21N3O2/c1-14-10-11-21(15(2)12-14)26-17(4)19(16(3)25-26)13-20-23(27)28-22(24-20)18-8-6-5-7-9-18/h5-13H,1-4H3/b20-13-. The van der Waals surface area contributed by atoms with Crippen molar-refractivity contribution in [2.24, 2.45) is 4.99 Å². The molecular formula is C23H21N3O2. The van der Waals surface area contributed by atoms with Crippen LogP contribution in [0, 0.1) is 27.7 Å². The van der Waals surface area contributed by atoms with Crippen LogP contribution in [0.25, 0.3) is 11.8 Å². The highest BCUT2D eigenvalue weighted by atomic mass is 16.6. The van der Waals surface area contributed by atoms with Crippen LogP contribution in [-0.4, -0.2) is 21.6 Å². The fourth-order valence-corrected chi connectivity index (χ4v) is 3.39. The number of rotatable bonds is 3. The van der Waals surface area contributed by atoms with Crippen LogP contribution in [0.5, 0.6) is 0 Å². The van der Waals surface area contributed by atoms with Crippen LogP contribution < -0.4 is 0 Å². The molecule has 0 bridgehead atoms. The topological polar surface area (TPSA) is 56.5 Å². The number of esters is 1. The highest BCUT2D eigenvalue weighted by molar-refractivity contribution is 6.12. The first kappa shape index (κ1) is 17.9. The van der Waals surface area contributed by atoms with Gasteiger partial charge in [-0.3, -0.25) is 0 Å². The molecule has 28 heavy (non-hydrogen) atoms. The van der Waals surface area contributed by atoms with Crippen molar-refractivity contribution in [2.45, 2.75) is 27.7 Å². The van der Waals surface area contributed by atoms with Crippen molar-refractivity contribution in [3.05, 3.63) is 87.9 Å². The largest absolute Gasteiger partial charge is 0.402 e. The van der Waals surface area contributed by atoms with Gasteiger partial charge in [-0.1, -0.05) is 35.9 Å². The van der Waals surface area contributed by atoms with Crippen LogP contribution in [0.3, 0.4) is 0 Å². The second-order valence-corrected chi connectivity index (χ2v) is 6.99. The third kappa shape index (κ3) is 3.16. The molecule has 0 fully saturated rings. The number of hydrogen-bond donors (Lipinski definition) is 0. The number of carbonyl (C=O) groups is 1. The van der Waals surface area contributed by atoms with Crippen LogP contribution in [0.15, 0.2) is 59.2 Å². The predicted molar refractivity (Wildman–Crippen MR) is 110 cm³/mol. The summed E-state index contributed by atoms with van der Waals surface area (Å²) < 4.78 is 7.27. The molecular weight excluding hydrogens is 350 g/mol. The number of cyclic esters (lactones) is 1. The summed E-state index contributed by atoms with van der Waals surface area (Å²) in [5.41, 5.74) is 7.11. The molecule has 2 aromatic carbocycles. The molecule has 4 rings (SSSR count). The maximum Gasteiger partial charge on any atom is 0.363 e. The van der Waals surface area contributed by atoms with E-state index in [0.717, 1.165) is 33.8 Å². The quantitative estimate of drug-likeness (QED) is 0.505. The molecule has 0 atom stereocenters. The van der Waals surface area contributed by atoms with Gasteiger partial charge < -0.3 is 4.74 Å². The van der Waals surface area contributed by atoms with Crippen molar-refractivity contribution in [3.8, 4) is 5.69 Å². The van der Waals surface area contributed by atoms with Crippen LogP contribution in [0.4, 0.5) is 0 Å². The van der Waals surface area contributed by atoms with Crippen molar-refractivity contribution in [1.29, 1.82) is 0 Å². The molecule has 3 aromatic rings. The Hall–Kier alpha value is -3.47. The minimum atomic E-state index is -0.447. The summed E-state index contributed by atoms with van der Waals surface area (Å²) in [7, 11) is 0. The second-order valence-electron chi connectivity index (χ2n) is 6.99. The van der Waals surface area contributed by atoms with Crippen molar-refractivity contribution in [1.82, 2.24) is 9.78 Å². The Labute approximate surface area is 164 Å². The van der Waals surface area contributed by atoms with Gasteiger partial charge in [0.15, 0.2) is 5.70 Å². The Balaban J connectivity index is 1.75. The molecule has 0 radical (unpaired) electrons. The van der Waals surface area contributed by atoms with Gasteiger partial charge in [-0.2, -0.15) is 5.10 Å². The molecule has 1 aliphatic heterocycles. The van der Waals surface area contributed by atoms with E-state index < -0.39 is 5.97 Å². The summed E-state index contributed by atoms with van der Waals surface area (Å²) in [6, 6.07) is 15.7. The van der Waals surface area contributed by atoms with E-state index in [1.54, 1.807) is 6.08 Å². The number of nitrogens with zero attached hydrogens (tertiary/aromatic N) is 3. The van der Waals surface area contributed by atoms with Gasteiger partial charge in [0.2, 0.25) is 5.90 Å². The van der Waals surface area contributed by atoms with Crippen molar-refractivity contribution in [2.75, 3.05) is 0 Å². The zero-order valence-electron chi connectivity index (χ0n) is 16.4. The summed E-state index contributed by atoms with van der Waals surface area (Å²) in [5, 5.41) is 4.69. The maximum atomic E-state index is 12.3. The minimum absolute atomic E-state index is 0.283. The number of benzene rings is 2. The first-order chi connectivity index (χ1) is 13.4. The lowest BCUT2D eigenvalue weighted by molar-refractivity contribution is -0.129. The summed E-state index contributed by atoms with van der Waals surface area (Å²) in [5.74, 6) is -0.120. The third-order valence-corrected chi connectivity index (χ3v) is 4.85. The van der Waals surface area contributed by atoms with E-state index in [-0.39, 0.29) is 5.70 Å². The zero-order chi connectivity index (χ0) is 19.8. The third-order valence-electron chi connectivity index (χ3n) is 4.85. The van der Waals surface area contributed by atoms with Crippen LogP contribution in [0.1, 0.15) is 33.6 Å². The lowest BCUT2D eigenvalue weighted by Crippen LogP contribution is -2.05. The lowest BCUT2D eigenvalue weighted by Gasteiger charge is -2.09. The van der Waals surface area contributed by atoms with E-state index in [4.69, 9.17) is 4.74 Å². The van der Waals surface area contributed by atoms with Gasteiger partial charge in [0, 0.05) is 16.8 Å². The smallest absolute Gasteiger partial charge is 0.363 e. The van der Waals surface area contributed by atoms with Gasteiger partial charge in [0.25, 0.3) is 0 Å². The van der Waals surface area contributed by atoms with Crippen molar-refractivity contribution >= 4 is 17.9 Å². The van der Waals surface area contributed by atoms with Gasteiger partial charge in [0.1, 0.15) is 0 Å². The Morgan fingerprint density at radius 3 is 2.46 bits per heavy atom. The predicted octanol–water partition coefficient (Wildman–Crippen LogP) is 4.45. The highest BCUT2D eigenvalue weighted by Gasteiger charge is 2.25. The Morgan fingerprint density at radius 1 is 1.00 bits per heavy atom. The Bertz CT molecular complexity index is 1140. The molecule has 0 saturated carbocycles. The number of aromatic nitrogens is 2. The van der Waals surface area contributed by atoms with E-state index in [1.165, 1.54) is 5.56 Å². The average Bonchev–Trinajstić information content (AvgIpc) is 3.17. The second kappa shape index (κ2) is 6.93. The van der Waals surface area contributed by atoms with Gasteiger partial charge in [-0.05, 0) is 57.5 Å². The van der Waals surface area contributed by atoms with E-state index in [0.29, 0.717) is 5.90 Å². The number of aliphatic imine (C=N–C) groups is 1. The first-order valence-corrected chi connectivity index (χ1v) is 9.16. The van der Waals surface area contributed by atoms with Crippen LogP contribution in [-0.2, 0) is 9.53 Å². The zero-order valence-corrected chi connectivity index (χ0v) is 16.4. The van der Waals surface area contributed by atoms with Gasteiger partial charge in [-0.15, -0.1) is 0 Å². The normalized spacial score (nSPS) is 15.1. The molecule has 1 aromatic heterocycles. The summed E-state index contributed by atoms with van der Waals surface area (Å²) in [4.78, 5) is 16.7. The molecule has 0 N–H and O–H groups in total. The number of aryl methyl sites for hydroxylation is 3. The molecule has 5 nitrogen and oxygen atoms in total. The monoisotopic (exact) mass is 371 g/mol. The molecule has 140 valence electrons. The molecule has 2 heterocycles. The van der Waals surface area contributed by atoms with Gasteiger partial charge >= 0.3 is 5.97 Å². The number of carbonyl (C=O) groups excluding carboxylic acids is 1. The maximum absolute atomic E-state index is 12.3. The molecule has 0 unspecified atom stereocenters. The summed E-state index contributed by atoms with van der Waals surface area (Å²) in [6.07, 6.45) is 1.76. The van der Waals surface area contributed by atoms with E-state index in [1.807, 2.05) is 48.9 Å². The van der Waals surface area contributed by atoms with Gasteiger partial charge in [0.05, 0.1) is 11.4 Å². The fourth-order valence-electron chi connectivity index (χ4n) is 3.39. The first-order valence-electron chi connectivity index (χ1n) is 9.16. The number of hydrogen-bond acceptors (Lipinski definition) is 4. The lowest BCUT2D eigenvalue weighted by atomic mass is 10.1. The van der Waals surface area contributed by atoms with Crippen LogP contribution >= 0.6 is 0 Å². The molecule has 0 aliphatic carbocycles. The van der Waals surface area contributed by atoms with Gasteiger partial charge in [-0.25, -0.2) is 14.5 Å². The van der Waals surface area contributed by atoms with E-state index in [2.05, 4.69) is 42.1 Å². The summed E-state index contributed by atoms with van der Waals surface area (Å²) >= 11 is 0. The molecule has 1 aliphatic rings. The van der Waals surface area contributed by atoms with Crippen molar-refractivity contribution in [3.63, 3.8) is 0 Å². The van der Waals surface area contributed by atoms with Crippen molar-refractivity contribution < 1.29 is 9.53 Å². The Morgan fingerprint density at radius 2 is 1.75 bits per heavy atom. The average molecular weight is 371 g/mol. The summed E-state index contributed by atoms with van der Waals surface area (Å²) in [6.45, 7) is 8.07. The van der Waals surface area contributed by atoms with E-state index >= 15 is 0 Å². The fraction of sp³-hybridized carbons (Fsp3) is 0.174. The van der Waals surface area contributed by atoms with E-state index in [9.17, 15) is 4.79 Å². The molecule has 0 spiro atoms. The molecule has 0 amide bonds. The minimum Gasteiger partial charge on any atom is -0.402 e. The molecule has 0 saturated heterocycles. The Kier molecular flexibility index (Phi) is 4.43. The molecule has 5 heteroatoms. The number of ether oxygens (including phenoxy) is 1.